The summed E-state index contributed by atoms with van der Waals surface area (Å²) >= 11 is 0. The van der Waals surface area contributed by atoms with E-state index < -0.39 is 12.1 Å². The van der Waals surface area contributed by atoms with E-state index in [0.29, 0.717) is 6.42 Å². The zero-order valence-electron chi connectivity index (χ0n) is 10.0. The third-order valence-electron chi connectivity index (χ3n) is 1.73. The van der Waals surface area contributed by atoms with Crippen LogP contribution in [0.15, 0.2) is 0 Å². The van der Waals surface area contributed by atoms with E-state index in [1.807, 2.05) is 6.92 Å². The second-order valence-corrected chi connectivity index (χ2v) is 3.62. The number of aliphatic carboxylic acids is 1. The Morgan fingerprint density at radius 3 is 1.87 bits per heavy atom. The Morgan fingerprint density at radius 2 is 1.67 bits per heavy atom. The van der Waals surface area contributed by atoms with Gasteiger partial charge in [-0.15, -0.1) is 6.10 Å². The van der Waals surface area contributed by atoms with E-state index in [9.17, 15) is 15.0 Å². The van der Waals surface area contributed by atoms with Gasteiger partial charge in [0.25, 0.3) is 0 Å². The normalized spacial score (nSPS) is 11.1. The largest absolute Gasteiger partial charge is 2.00 e. The van der Waals surface area contributed by atoms with Gasteiger partial charge in [0.15, 0.2) is 0 Å². The van der Waals surface area contributed by atoms with E-state index in [-0.39, 0.29) is 22.4 Å². The van der Waals surface area contributed by atoms with Gasteiger partial charge in [-0.1, -0.05) is 40.5 Å². The summed E-state index contributed by atoms with van der Waals surface area (Å²) in [4.78, 5) is 10.3. The molecule has 1 atom stereocenters. The molecule has 3 nitrogen and oxygen atoms in total. The molecule has 0 radical (unpaired) electrons. The zero-order chi connectivity index (χ0) is 11.6. The first kappa shape index (κ1) is 20.3. The molecule has 0 rings (SSSR count). The fourth-order valence-electron chi connectivity index (χ4n) is 0.939. The number of hydrogen-bond donors (Lipinski definition) is 0. The van der Waals surface area contributed by atoms with Crippen LogP contribution in [0.5, 0.6) is 0 Å². The van der Waals surface area contributed by atoms with Crippen LogP contribution in [0.1, 0.15) is 53.4 Å². The van der Waals surface area contributed by atoms with Crippen molar-refractivity contribution in [3.63, 3.8) is 0 Å². The van der Waals surface area contributed by atoms with Crippen LogP contribution < -0.4 is 10.2 Å². The molecule has 0 fully saturated rings. The van der Waals surface area contributed by atoms with E-state index in [4.69, 9.17) is 0 Å². The molecular weight excluding hydrogens is 239 g/mol. The monoisotopic (exact) mass is 260 g/mol. The van der Waals surface area contributed by atoms with Crippen LogP contribution in [0.4, 0.5) is 0 Å². The van der Waals surface area contributed by atoms with Gasteiger partial charge in [-0.25, -0.2) is 0 Å². The minimum atomic E-state index is -0.893. The summed E-state index contributed by atoms with van der Waals surface area (Å²) in [6, 6.07) is 0. The number of carboxylic acid groups (broad SMARTS) is 1. The fourth-order valence-corrected chi connectivity index (χ4v) is 0.939. The van der Waals surface area contributed by atoms with Gasteiger partial charge in [-0.05, 0) is 18.8 Å². The molecule has 15 heavy (non-hydrogen) atoms. The molecule has 0 N–H and O–H groups in total. The van der Waals surface area contributed by atoms with Crippen LogP contribution in [-0.4, -0.2) is 12.1 Å². The standard InChI is InChI=1S/C8H16O2.C3H7O.Ni/c1-3-5-6-7(4-2)8(9)10;1-3(2)4;/h7H,3-6H2,1-2H3,(H,9,10);3H,1-2H3;/q;-1;+2/p-1. The molecule has 0 aromatic heterocycles. The fraction of sp³-hybridized carbons (Fsp3) is 0.909. The van der Waals surface area contributed by atoms with E-state index in [2.05, 4.69) is 6.92 Å². The van der Waals surface area contributed by atoms with Gasteiger partial charge in [-0.3, -0.25) is 0 Å². The number of carbonyl (C=O) groups is 1. The molecule has 0 saturated carbocycles. The molecule has 0 aromatic rings. The van der Waals surface area contributed by atoms with Gasteiger partial charge >= 0.3 is 16.5 Å². The van der Waals surface area contributed by atoms with E-state index in [1.54, 1.807) is 13.8 Å². The number of rotatable bonds is 5. The number of hydrogen-bond acceptors (Lipinski definition) is 3. The molecule has 0 saturated heterocycles. The van der Waals surface area contributed by atoms with Crippen molar-refractivity contribution in [2.45, 2.75) is 59.5 Å². The van der Waals surface area contributed by atoms with Crippen LogP contribution in [0.2, 0.25) is 0 Å². The third kappa shape index (κ3) is 20.1. The van der Waals surface area contributed by atoms with Crippen molar-refractivity contribution in [2.24, 2.45) is 5.92 Å². The predicted molar refractivity (Wildman–Crippen MR) is 53.4 cm³/mol. The Morgan fingerprint density at radius 1 is 1.27 bits per heavy atom. The Balaban J connectivity index is -0.000000249. The average Bonchev–Trinajstić information content (AvgIpc) is 2.04. The van der Waals surface area contributed by atoms with Crippen LogP contribution in [-0.2, 0) is 21.3 Å². The molecule has 0 heterocycles. The molecule has 0 aromatic carbocycles. The van der Waals surface area contributed by atoms with Gasteiger partial charge in [0.05, 0.1) is 0 Å². The smallest absolute Gasteiger partial charge is 0.852 e. The molecule has 94 valence electrons. The molecule has 4 heteroatoms. The Kier molecular flexibility index (Phi) is 18.9. The molecule has 0 amide bonds. The van der Waals surface area contributed by atoms with E-state index in [0.717, 1.165) is 19.3 Å². The number of carboxylic acids is 1. The van der Waals surface area contributed by atoms with Crippen LogP contribution in [0.3, 0.4) is 0 Å². The summed E-state index contributed by atoms with van der Waals surface area (Å²) in [5.74, 6) is -1.11. The van der Waals surface area contributed by atoms with Crippen molar-refractivity contribution in [1.82, 2.24) is 0 Å². The van der Waals surface area contributed by atoms with Crippen molar-refractivity contribution in [3.05, 3.63) is 0 Å². The third-order valence-corrected chi connectivity index (χ3v) is 1.73. The maximum Gasteiger partial charge on any atom is 2.00 e. The Bertz CT molecular complexity index is 135. The van der Waals surface area contributed by atoms with Gasteiger partial charge in [0.1, 0.15) is 0 Å². The van der Waals surface area contributed by atoms with Gasteiger partial charge < -0.3 is 15.0 Å². The second-order valence-electron chi connectivity index (χ2n) is 3.62. The molecule has 0 aliphatic rings. The first-order chi connectivity index (χ1) is 6.45. The predicted octanol–water partition coefficient (Wildman–Crippen LogP) is 0.705. The van der Waals surface area contributed by atoms with Gasteiger partial charge in [0, 0.05) is 5.97 Å². The summed E-state index contributed by atoms with van der Waals surface area (Å²) < 4.78 is 0. The zero-order valence-corrected chi connectivity index (χ0v) is 11.0. The molecule has 0 aliphatic heterocycles. The van der Waals surface area contributed by atoms with Crippen molar-refractivity contribution in [3.8, 4) is 0 Å². The molecular formula is C11H22NiO3. The maximum atomic E-state index is 10.3. The minimum Gasteiger partial charge on any atom is -0.852 e. The summed E-state index contributed by atoms with van der Waals surface area (Å²) in [5.41, 5.74) is 0. The van der Waals surface area contributed by atoms with Crippen molar-refractivity contribution in [1.29, 1.82) is 0 Å². The first-order valence-electron chi connectivity index (χ1n) is 5.32. The topological polar surface area (TPSA) is 63.2 Å². The Labute approximate surface area is 103 Å². The van der Waals surface area contributed by atoms with Crippen molar-refractivity contribution >= 4 is 5.97 Å². The summed E-state index contributed by atoms with van der Waals surface area (Å²) in [5, 5.41) is 19.9. The van der Waals surface area contributed by atoms with Gasteiger partial charge in [0.2, 0.25) is 0 Å². The van der Waals surface area contributed by atoms with Gasteiger partial charge in [-0.2, -0.15) is 0 Å². The summed E-state index contributed by atoms with van der Waals surface area (Å²) in [7, 11) is 0. The maximum absolute atomic E-state index is 10.3. The molecule has 0 bridgehead atoms. The molecule has 0 aliphatic carbocycles. The number of carbonyl (C=O) groups excluding carboxylic acids is 1. The van der Waals surface area contributed by atoms with Crippen molar-refractivity contribution in [2.75, 3.05) is 0 Å². The van der Waals surface area contributed by atoms with Crippen LogP contribution in [0.25, 0.3) is 0 Å². The van der Waals surface area contributed by atoms with Crippen molar-refractivity contribution < 1.29 is 31.5 Å². The van der Waals surface area contributed by atoms with Crippen LogP contribution in [0, 0.1) is 5.92 Å². The minimum absolute atomic E-state index is 0. The SMILES string of the molecule is CC(C)[O-].CCCCC(CC)C(=O)[O-].[Ni+2]. The second kappa shape index (κ2) is 13.9. The average molecular weight is 261 g/mol. The number of unbranched alkanes of at least 4 members (excludes halogenated alkanes) is 1. The van der Waals surface area contributed by atoms with E-state index >= 15 is 0 Å². The Hall–Kier alpha value is -0.0765. The quantitative estimate of drug-likeness (QED) is 0.684. The van der Waals surface area contributed by atoms with Crippen LogP contribution >= 0.6 is 0 Å². The molecule has 0 spiro atoms. The van der Waals surface area contributed by atoms with E-state index in [1.165, 1.54) is 0 Å². The summed E-state index contributed by atoms with van der Waals surface area (Å²) in [6.07, 6.45) is 3.11. The molecule has 1 unspecified atom stereocenters. The first-order valence-corrected chi connectivity index (χ1v) is 5.32. The summed E-state index contributed by atoms with van der Waals surface area (Å²) in [6.45, 7) is 7.16.